The maximum absolute atomic E-state index is 5.72. The molecule has 1 aliphatic rings. The van der Waals surface area contributed by atoms with Gasteiger partial charge >= 0.3 is 0 Å². The summed E-state index contributed by atoms with van der Waals surface area (Å²) in [5.41, 5.74) is 4.11. The Kier molecular flexibility index (Phi) is 4.13. The number of ether oxygens (including phenoxy) is 1. The predicted molar refractivity (Wildman–Crippen MR) is 79.9 cm³/mol. The summed E-state index contributed by atoms with van der Waals surface area (Å²) in [5, 5.41) is 3.57. The molecule has 0 aromatic heterocycles. The van der Waals surface area contributed by atoms with Crippen LogP contribution in [0.2, 0.25) is 0 Å². The third kappa shape index (κ3) is 2.78. The second-order valence-corrected chi connectivity index (χ2v) is 5.33. The minimum atomic E-state index is 0.531. The van der Waals surface area contributed by atoms with Crippen molar-refractivity contribution in [3.63, 3.8) is 0 Å². The van der Waals surface area contributed by atoms with Crippen LogP contribution in [0.4, 0.5) is 0 Å². The molecule has 1 aromatic rings. The van der Waals surface area contributed by atoms with Gasteiger partial charge in [0.25, 0.3) is 0 Å². The van der Waals surface area contributed by atoms with E-state index >= 15 is 0 Å². The molecule has 2 unspecified atom stereocenters. The second kappa shape index (κ2) is 5.62. The van der Waals surface area contributed by atoms with E-state index in [1.165, 1.54) is 16.6 Å². The summed E-state index contributed by atoms with van der Waals surface area (Å²) in [5.74, 6) is 1.56. The molecule has 18 heavy (non-hydrogen) atoms. The SMILES string of the molecule is Bc1cc2c(cc1OCC=C)CC(C)NCC2C. The number of nitrogens with one attached hydrogen (secondary N) is 1. The van der Waals surface area contributed by atoms with E-state index in [-0.39, 0.29) is 0 Å². The van der Waals surface area contributed by atoms with Gasteiger partial charge < -0.3 is 10.1 Å². The van der Waals surface area contributed by atoms with E-state index in [1.807, 2.05) is 0 Å². The number of benzene rings is 1. The molecule has 0 amide bonds. The average Bonchev–Trinajstić information content (AvgIpc) is 2.48. The van der Waals surface area contributed by atoms with Gasteiger partial charge in [0.05, 0.1) is 0 Å². The van der Waals surface area contributed by atoms with Gasteiger partial charge in [-0.1, -0.05) is 25.6 Å². The van der Waals surface area contributed by atoms with Crippen LogP contribution in [0, 0.1) is 0 Å². The number of hydrogen-bond acceptors (Lipinski definition) is 2. The van der Waals surface area contributed by atoms with Crippen molar-refractivity contribution < 1.29 is 4.74 Å². The highest BCUT2D eigenvalue weighted by Gasteiger charge is 2.19. The Labute approximate surface area is 111 Å². The molecule has 0 radical (unpaired) electrons. The van der Waals surface area contributed by atoms with Gasteiger partial charge in [-0.15, -0.1) is 0 Å². The van der Waals surface area contributed by atoms with Crippen LogP contribution in [0.25, 0.3) is 0 Å². The van der Waals surface area contributed by atoms with Crippen LogP contribution in [0.15, 0.2) is 24.8 Å². The van der Waals surface area contributed by atoms with Gasteiger partial charge in [-0.25, -0.2) is 0 Å². The van der Waals surface area contributed by atoms with Crippen LogP contribution in [0.5, 0.6) is 5.75 Å². The summed E-state index contributed by atoms with van der Waals surface area (Å²) >= 11 is 0. The third-order valence-corrected chi connectivity index (χ3v) is 3.62. The lowest BCUT2D eigenvalue weighted by molar-refractivity contribution is 0.365. The van der Waals surface area contributed by atoms with Crippen molar-refractivity contribution in [2.45, 2.75) is 32.2 Å². The van der Waals surface area contributed by atoms with Crippen LogP contribution in [0.3, 0.4) is 0 Å². The fourth-order valence-electron chi connectivity index (χ4n) is 2.58. The second-order valence-electron chi connectivity index (χ2n) is 5.33. The minimum absolute atomic E-state index is 0.531. The van der Waals surface area contributed by atoms with E-state index in [4.69, 9.17) is 4.74 Å². The molecule has 0 aliphatic carbocycles. The molecular formula is C15H22BNO. The zero-order valence-electron chi connectivity index (χ0n) is 11.6. The van der Waals surface area contributed by atoms with Gasteiger partial charge in [0, 0.05) is 12.6 Å². The Morgan fingerprint density at radius 3 is 3.00 bits per heavy atom. The topological polar surface area (TPSA) is 21.3 Å². The van der Waals surface area contributed by atoms with Crippen LogP contribution in [-0.4, -0.2) is 27.0 Å². The molecule has 0 saturated heterocycles. The van der Waals surface area contributed by atoms with E-state index in [0.717, 1.165) is 18.7 Å². The first kappa shape index (κ1) is 13.2. The van der Waals surface area contributed by atoms with Crippen LogP contribution < -0.4 is 15.5 Å². The first-order chi connectivity index (χ1) is 8.61. The van der Waals surface area contributed by atoms with E-state index in [2.05, 4.69) is 45.7 Å². The normalized spacial score (nSPS) is 23.0. The highest BCUT2D eigenvalue weighted by atomic mass is 16.5. The largest absolute Gasteiger partial charge is 0.490 e. The van der Waals surface area contributed by atoms with Crippen molar-refractivity contribution in [1.29, 1.82) is 0 Å². The Morgan fingerprint density at radius 1 is 1.50 bits per heavy atom. The maximum Gasteiger partial charge on any atom is 0.144 e. The summed E-state index contributed by atoms with van der Waals surface area (Å²) in [4.78, 5) is 0. The monoisotopic (exact) mass is 243 g/mol. The van der Waals surface area contributed by atoms with Gasteiger partial charge in [-0.2, -0.15) is 0 Å². The summed E-state index contributed by atoms with van der Waals surface area (Å²) in [7, 11) is 2.12. The summed E-state index contributed by atoms with van der Waals surface area (Å²) in [6, 6.07) is 5.04. The van der Waals surface area contributed by atoms with Crippen molar-refractivity contribution in [3.05, 3.63) is 35.9 Å². The van der Waals surface area contributed by atoms with Crippen molar-refractivity contribution in [2.75, 3.05) is 13.2 Å². The van der Waals surface area contributed by atoms with Crippen LogP contribution in [-0.2, 0) is 6.42 Å². The molecular weight excluding hydrogens is 221 g/mol. The van der Waals surface area contributed by atoms with Crippen molar-refractivity contribution in [3.8, 4) is 5.75 Å². The molecule has 1 aliphatic heterocycles. The fraction of sp³-hybridized carbons (Fsp3) is 0.467. The molecule has 96 valence electrons. The van der Waals surface area contributed by atoms with Crippen molar-refractivity contribution in [2.24, 2.45) is 0 Å². The molecule has 2 nitrogen and oxygen atoms in total. The zero-order valence-corrected chi connectivity index (χ0v) is 11.6. The Balaban J connectivity index is 2.36. The number of fused-ring (bicyclic) bond motifs is 1. The lowest BCUT2D eigenvalue weighted by Gasteiger charge is -2.16. The van der Waals surface area contributed by atoms with E-state index in [1.54, 1.807) is 6.08 Å². The Bertz CT molecular complexity index is 444. The average molecular weight is 243 g/mol. The molecule has 3 heteroatoms. The predicted octanol–water partition coefficient (Wildman–Crippen LogP) is 1.15. The third-order valence-electron chi connectivity index (χ3n) is 3.62. The first-order valence-electron chi connectivity index (χ1n) is 6.72. The molecule has 2 atom stereocenters. The van der Waals surface area contributed by atoms with Crippen LogP contribution in [0.1, 0.15) is 30.9 Å². The highest BCUT2D eigenvalue weighted by Crippen LogP contribution is 2.26. The quantitative estimate of drug-likeness (QED) is 0.635. The molecule has 0 spiro atoms. The molecule has 1 aromatic carbocycles. The van der Waals surface area contributed by atoms with Gasteiger partial charge in [-0.05, 0) is 41.9 Å². The van der Waals surface area contributed by atoms with Gasteiger partial charge in [0.15, 0.2) is 0 Å². The minimum Gasteiger partial charge on any atom is -0.490 e. The van der Waals surface area contributed by atoms with E-state index in [0.29, 0.717) is 18.6 Å². The number of rotatable bonds is 3. The Hall–Kier alpha value is -1.22. The van der Waals surface area contributed by atoms with Crippen molar-refractivity contribution >= 4 is 13.3 Å². The summed E-state index contributed by atoms with van der Waals surface area (Å²) in [6.45, 7) is 9.85. The smallest absolute Gasteiger partial charge is 0.144 e. The van der Waals surface area contributed by atoms with Gasteiger partial charge in [0.1, 0.15) is 20.2 Å². The fourth-order valence-corrected chi connectivity index (χ4v) is 2.58. The van der Waals surface area contributed by atoms with Crippen molar-refractivity contribution in [1.82, 2.24) is 5.32 Å². The molecule has 1 N–H and O–H groups in total. The molecule has 0 fully saturated rings. The first-order valence-corrected chi connectivity index (χ1v) is 6.72. The zero-order chi connectivity index (χ0) is 13.1. The summed E-state index contributed by atoms with van der Waals surface area (Å²) < 4.78 is 5.72. The lowest BCUT2D eigenvalue weighted by atomic mass is 9.86. The molecule has 1 heterocycles. The molecule has 0 saturated carbocycles. The highest BCUT2D eigenvalue weighted by molar-refractivity contribution is 6.34. The molecule has 0 bridgehead atoms. The van der Waals surface area contributed by atoms with Gasteiger partial charge in [0.2, 0.25) is 0 Å². The number of hydrogen-bond donors (Lipinski definition) is 1. The summed E-state index contributed by atoms with van der Waals surface area (Å²) in [6.07, 6.45) is 2.86. The standard InChI is InChI=1S/C15H22BNO/c1-4-5-18-15-7-12-6-11(3)17-9-10(2)13(12)8-14(15)16/h4,7-8,10-11,17H,1,5-6,9,16H2,2-3H3. The van der Waals surface area contributed by atoms with E-state index < -0.39 is 0 Å². The Morgan fingerprint density at radius 2 is 2.28 bits per heavy atom. The van der Waals surface area contributed by atoms with Crippen LogP contribution >= 0.6 is 0 Å². The van der Waals surface area contributed by atoms with E-state index in [9.17, 15) is 0 Å². The lowest BCUT2D eigenvalue weighted by Crippen LogP contribution is -2.28. The van der Waals surface area contributed by atoms with Gasteiger partial charge in [-0.3, -0.25) is 0 Å². The molecule has 2 rings (SSSR count). The maximum atomic E-state index is 5.72.